The molecule has 0 aliphatic heterocycles. The number of hydrogen-bond donors (Lipinski definition) is 1. The highest BCUT2D eigenvalue weighted by molar-refractivity contribution is 5.11. The molecule has 21 atom stereocenters. The van der Waals surface area contributed by atoms with E-state index in [1.54, 1.807) is 0 Å². The van der Waals surface area contributed by atoms with Gasteiger partial charge in [-0.1, -0.05) is 89.0 Å². The molecule has 6 fully saturated rings. The Hall–Kier alpha value is -0.0400. The first-order chi connectivity index (χ1) is 19.9. The lowest BCUT2D eigenvalue weighted by atomic mass is 9.41. The van der Waals surface area contributed by atoms with Gasteiger partial charge >= 0.3 is 0 Å². The van der Waals surface area contributed by atoms with Crippen molar-refractivity contribution < 1.29 is 0 Å². The van der Waals surface area contributed by atoms with Crippen LogP contribution in [-0.4, -0.2) is 6.54 Å². The molecule has 242 valence electrons. The minimum absolute atomic E-state index is 0.444. The lowest BCUT2D eigenvalue weighted by Crippen LogP contribution is -2.59. The summed E-state index contributed by atoms with van der Waals surface area (Å²) in [5.41, 5.74) is 7.38. The van der Waals surface area contributed by atoms with Crippen LogP contribution in [0.1, 0.15) is 128 Å². The molecule has 0 saturated heterocycles. The SMILES string of the molecule is CCC1C(C)C2C(CN)C3CC4(C)C(C)C(C)C5[C@H]6C(CCC6C(C)[C@@H](CC)[C@H]5CC(C)C(C)C1CC24)C(C)CC3C. The van der Waals surface area contributed by atoms with E-state index in [4.69, 9.17) is 5.73 Å². The molecule has 1 heteroatoms. The summed E-state index contributed by atoms with van der Waals surface area (Å²) in [5.74, 6) is 17.4. The smallest absolute Gasteiger partial charge is 0.00432 e. The van der Waals surface area contributed by atoms with Crippen molar-refractivity contribution in [2.75, 3.05) is 6.54 Å². The van der Waals surface area contributed by atoms with Crippen molar-refractivity contribution in [1.29, 1.82) is 0 Å². The molecule has 5 bridgehead atoms. The molecule has 6 aliphatic rings. The van der Waals surface area contributed by atoms with E-state index in [-0.39, 0.29) is 0 Å². The highest BCUT2D eigenvalue weighted by Crippen LogP contribution is 2.69. The standard InChI is InChI=1S/C41H73N/c1-12-29-26(8)32-15-14-31-22(4)16-23(5)35-19-41(11)28(10)25(7)39(40(31)32)34(29)17-21(3)24(6)33-18-37(41)38(36(35)20-42)27(9)30(33)13-2/h21-40H,12-20,42H2,1-11H3/t21?,22?,23?,24?,25?,26?,27?,28?,29-,30?,31?,32?,33?,34-,35?,36?,37?,38?,39?,40+,41?/m1/s1. The second-order valence-corrected chi connectivity index (χ2v) is 18.9. The maximum absolute atomic E-state index is 6.94. The maximum atomic E-state index is 6.94. The van der Waals surface area contributed by atoms with Crippen molar-refractivity contribution in [3.8, 4) is 0 Å². The van der Waals surface area contributed by atoms with Crippen LogP contribution in [0, 0.1) is 124 Å². The average Bonchev–Trinajstić information content (AvgIpc) is 3.40. The first-order valence-corrected chi connectivity index (χ1v) is 19.6. The zero-order valence-electron chi connectivity index (χ0n) is 30.0. The van der Waals surface area contributed by atoms with Crippen LogP contribution < -0.4 is 5.73 Å². The van der Waals surface area contributed by atoms with Gasteiger partial charge in [-0.15, -0.1) is 0 Å². The van der Waals surface area contributed by atoms with E-state index < -0.39 is 0 Å². The van der Waals surface area contributed by atoms with E-state index in [0.717, 1.165) is 125 Å². The van der Waals surface area contributed by atoms with E-state index in [2.05, 4.69) is 76.2 Å². The minimum atomic E-state index is 0.444. The van der Waals surface area contributed by atoms with E-state index in [9.17, 15) is 0 Å². The quantitative estimate of drug-likeness (QED) is 0.353. The summed E-state index contributed by atoms with van der Waals surface area (Å²) in [7, 11) is 0. The number of hydrogen-bond acceptors (Lipinski definition) is 1. The zero-order chi connectivity index (χ0) is 30.4. The van der Waals surface area contributed by atoms with Gasteiger partial charge in [0.2, 0.25) is 0 Å². The monoisotopic (exact) mass is 580 g/mol. The second-order valence-electron chi connectivity index (χ2n) is 18.9. The topological polar surface area (TPSA) is 26.0 Å². The fourth-order valence-electron chi connectivity index (χ4n) is 15.8. The molecule has 6 saturated carbocycles. The Kier molecular flexibility index (Phi) is 8.85. The van der Waals surface area contributed by atoms with Crippen LogP contribution in [0.5, 0.6) is 0 Å². The van der Waals surface area contributed by atoms with Crippen LogP contribution in [-0.2, 0) is 0 Å². The van der Waals surface area contributed by atoms with Gasteiger partial charge in [0, 0.05) is 0 Å². The van der Waals surface area contributed by atoms with Gasteiger partial charge < -0.3 is 5.73 Å². The summed E-state index contributed by atoms with van der Waals surface area (Å²) in [6.45, 7) is 30.9. The minimum Gasteiger partial charge on any atom is -0.330 e. The molecular weight excluding hydrogens is 506 g/mol. The van der Waals surface area contributed by atoms with Gasteiger partial charge in [0.15, 0.2) is 0 Å². The Labute approximate surface area is 263 Å². The largest absolute Gasteiger partial charge is 0.330 e. The van der Waals surface area contributed by atoms with Crippen molar-refractivity contribution in [2.45, 2.75) is 128 Å². The molecule has 0 aromatic carbocycles. The van der Waals surface area contributed by atoms with Gasteiger partial charge in [-0.3, -0.25) is 0 Å². The molecule has 6 rings (SSSR count). The molecule has 0 aromatic heterocycles. The van der Waals surface area contributed by atoms with Crippen molar-refractivity contribution >= 4 is 0 Å². The molecule has 1 nitrogen and oxygen atoms in total. The molecule has 0 heterocycles. The summed E-state index contributed by atoms with van der Waals surface area (Å²) in [6, 6.07) is 0. The summed E-state index contributed by atoms with van der Waals surface area (Å²) < 4.78 is 0. The van der Waals surface area contributed by atoms with Gasteiger partial charge in [0.25, 0.3) is 0 Å². The molecule has 0 aromatic rings. The Morgan fingerprint density at radius 3 is 1.81 bits per heavy atom. The predicted molar refractivity (Wildman–Crippen MR) is 181 cm³/mol. The highest BCUT2D eigenvalue weighted by atomic mass is 14.7. The molecule has 42 heavy (non-hydrogen) atoms. The van der Waals surface area contributed by atoms with Crippen LogP contribution in [0.15, 0.2) is 0 Å². The second kappa shape index (κ2) is 11.6. The average molecular weight is 580 g/mol. The van der Waals surface area contributed by atoms with Crippen LogP contribution >= 0.6 is 0 Å². The van der Waals surface area contributed by atoms with Gasteiger partial charge in [0.1, 0.15) is 0 Å². The number of fused-ring (bicyclic) bond motifs is 3. The van der Waals surface area contributed by atoms with Crippen molar-refractivity contribution in [3.63, 3.8) is 0 Å². The van der Waals surface area contributed by atoms with Crippen molar-refractivity contribution in [1.82, 2.24) is 0 Å². The Bertz CT molecular complexity index is 941. The Balaban J connectivity index is 1.60. The molecule has 6 aliphatic carbocycles. The van der Waals surface area contributed by atoms with Gasteiger partial charge in [-0.2, -0.15) is 0 Å². The highest BCUT2D eigenvalue weighted by Gasteiger charge is 2.63. The van der Waals surface area contributed by atoms with Crippen LogP contribution in [0.4, 0.5) is 0 Å². The van der Waals surface area contributed by atoms with Crippen molar-refractivity contribution in [2.24, 2.45) is 130 Å². The fraction of sp³-hybridized carbons (Fsp3) is 1.00. The van der Waals surface area contributed by atoms with Crippen LogP contribution in [0.25, 0.3) is 0 Å². The van der Waals surface area contributed by atoms with E-state index in [1.807, 2.05) is 0 Å². The van der Waals surface area contributed by atoms with Gasteiger partial charge in [-0.25, -0.2) is 0 Å². The third-order valence-corrected chi connectivity index (χ3v) is 18.1. The lowest BCUT2D eigenvalue weighted by Gasteiger charge is -2.64. The van der Waals surface area contributed by atoms with E-state index in [1.165, 1.54) is 51.4 Å². The molecule has 18 unspecified atom stereocenters. The number of nitrogens with two attached hydrogens (primary N) is 1. The molecular formula is C41H73N. The zero-order valence-corrected chi connectivity index (χ0v) is 30.0. The predicted octanol–water partition coefficient (Wildman–Crippen LogP) is 10.7. The number of rotatable bonds is 3. The van der Waals surface area contributed by atoms with Crippen LogP contribution in [0.3, 0.4) is 0 Å². The lowest BCUT2D eigenvalue weighted by molar-refractivity contribution is -0.157. The molecule has 0 spiro atoms. The first kappa shape index (κ1) is 31.9. The molecule has 2 N–H and O–H groups in total. The molecule has 0 radical (unpaired) electrons. The first-order valence-electron chi connectivity index (χ1n) is 19.6. The Morgan fingerprint density at radius 1 is 0.548 bits per heavy atom. The van der Waals surface area contributed by atoms with Gasteiger partial charge in [-0.05, 0) is 169 Å². The summed E-state index contributed by atoms with van der Waals surface area (Å²) in [5, 5.41) is 0. The normalized spacial score (nSPS) is 61.1. The third-order valence-electron chi connectivity index (χ3n) is 18.1. The third kappa shape index (κ3) is 4.51. The maximum Gasteiger partial charge on any atom is -0.00432 e. The Morgan fingerprint density at radius 2 is 1.17 bits per heavy atom. The van der Waals surface area contributed by atoms with E-state index >= 15 is 0 Å². The summed E-state index contributed by atoms with van der Waals surface area (Å²) >= 11 is 0. The summed E-state index contributed by atoms with van der Waals surface area (Å²) in [4.78, 5) is 0. The molecule has 0 amide bonds. The van der Waals surface area contributed by atoms with Crippen LogP contribution in [0.2, 0.25) is 0 Å². The van der Waals surface area contributed by atoms with Crippen molar-refractivity contribution in [3.05, 3.63) is 0 Å². The fourth-order valence-corrected chi connectivity index (χ4v) is 15.8. The van der Waals surface area contributed by atoms with E-state index in [0.29, 0.717) is 5.41 Å². The van der Waals surface area contributed by atoms with Gasteiger partial charge in [0.05, 0.1) is 0 Å². The summed E-state index contributed by atoms with van der Waals surface area (Å²) in [6.07, 6.45) is 11.7.